The number of alkyl halides is 3. The van der Waals surface area contributed by atoms with Gasteiger partial charge in [0.15, 0.2) is 11.5 Å². The number of carbonyl (C=O) groups is 1. The lowest BCUT2D eigenvalue weighted by atomic mass is 9.50. The van der Waals surface area contributed by atoms with Gasteiger partial charge in [0.05, 0.1) is 32.8 Å². The Kier molecular flexibility index (Phi) is 5.99. The molecule has 6 atom stereocenters. The number of quaternary nitrogens is 1. The zero-order valence-electron chi connectivity index (χ0n) is 22.3. The van der Waals surface area contributed by atoms with Gasteiger partial charge in [-0.1, -0.05) is 42.8 Å². The number of aliphatic hydroxyl groups is 1. The fraction of sp³-hybridized carbons (Fsp3) is 0.552. The molecule has 3 aliphatic carbocycles. The van der Waals surface area contributed by atoms with Gasteiger partial charge in [0, 0.05) is 36.8 Å². The number of ether oxygens (including phenoxy) is 3. The largest absolute Gasteiger partial charge is 0.573 e. The van der Waals surface area contributed by atoms with E-state index < -0.39 is 35.6 Å². The monoisotopic (exact) mass is 547 g/mol. The molecule has 2 aliphatic heterocycles. The minimum absolute atomic E-state index is 0.00804. The Balaban J connectivity index is 1.40. The molecule has 6 rings (SSSR count). The fourth-order valence-electron chi connectivity index (χ4n) is 8.05. The highest BCUT2D eigenvalue weighted by atomic mass is 19.4. The molecule has 5 aliphatic rings. The number of aliphatic hydroxyl groups excluding tert-OH is 1. The quantitative estimate of drug-likeness (QED) is 0.244. The van der Waals surface area contributed by atoms with Gasteiger partial charge in [-0.3, -0.25) is 4.79 Å². The topological polar surface area (TPSA) is 77.0 Å². The van der Waals surface area contributed by atoms with Crippen LogP contribution in [0.5, 0.6) is 0 Å². The first-order valence-corrected chi connectivity index (χ1v) is 13.4. The number of hydrogen-bond donors (Lipinski definition) is 2. The van der Waals surface area contributed by atoms with E-state index in [2.05, 4.69) is 24.1 Å². The van der Waals surface area contributed by atoms with E-state index in [0.717, 1.165) is 48.7 Å². The summed E-state index contributed by atoms with van der Waals surface area (Å²) in [6.07, 6.45) is 2.50. The van der Waals surface area contributed by atoms with E-state index >= 15 is 0 Å². The SMILES string of the molecule is COC1(NC(=O)C(OC(F)(F)F)=C(O)c2ccccc2)C=CC2=C3C1O[C@H]1CCC[C@H]4[C@@H](C2)[N+](C)(C)CC[C@]314. The Morgan fingerprint density at radius 2 is 1.95 bits per heavy atom. The lowest BCUT2D eigenvalue weighted by Gasteiger charge is -2.60. The number of nitrogens with zero attached hydrogens (tertiary/aromatic N) is 1. The molecule has 1 amide bonds. The van der Waals surface area contributed by atoms with E-state index in [9.17, 15) is 23.1 Å². The third-order valence-electron chi connectivity index (χ3n) is 9.78. The van der Waals surface area contributed by atoms with E-state index in [4.69, 9.17) is 9.47 Å². The molecule has 2 bridgehead atoms. The Hall–Kier alpha value is -2.82. The lowest BCUT2D eigenvalue weighted by molar-refractivity contribution is -0.928. The van der Waals surface area contributed by atoms with Crippen LogP contribution in [0.15, 0.2) is 59.4 Å². The lowest BCUT2D eigenvalue weighted by Crippen LogP contribution is -2.67. The summed E-state index contributed by atoms with van der Waals surface area (Å²) in [7, 11) is 5.98. The third kappa shape index (κ3) is 3.94. The van der Waals surface area contributed by atoms with Crippen molar-refractivity contribution in [1.82, 2.24) is 5.32 Å². The molecule has 0 aromatic heterocycles. The van der Waals surface area contributed by atoms with Gasteiger partial charge in [-0.25, -0.2) is 0 Å². The predicted molar refractivity (Wildman–Crippen MR) is 136 cm³/mol. The average Bonchev–Trinajstić information content (AvgIpc) is 3.25. The summed E-state index contributed by atoms with van der Waals surface area (Å²) in [6.45, 7) is 0.998. The van der Waals surface area contributed by atoms with Crippen LogP contribution in [-0.4, -0.2) is 73.6 Å². The van der Waals surface area contributed by atoms with Crippen molar-refractivity contribution in [2.24, 2.45) is 11.3 Å². The average molecular weight is 548 g/mol. The summed E-state index contributed by atoms with van der Waals surface area (Å²) in [5, 5.41) is 13.3. The number of hydrogen-bond acceptors (Lipinski definition) is 5. The van der Waals surface area contributed by atoms with Gasteiger partial charge >= 0.3 is 6.36 Å². The highest BCUT2D eigenvalue weighted by Gasteiger charge is 2.70. The van der Waals surface area contributed by atoms with Gasteiger partial charge < -0.3 is 29.1 Å². The molecule has 1 saturated carbocycles. The van der Waals surface area contributed by atoms with Crippen molar-refractivity contribution in [3.8, 4) is 0 Å². The molecule has 0 radical (unpaired) electrons. The van der Waals surface area contributed by atoms with Crippen LogP contribution in [0, 0.1) is 11.3 Å². The molecule has 3 fully saturated rings. The second-order valence-electron chi connectivity index (χ2n) is 11.9. The Labute approximate surface area is 225 Å². The second kappa shape index (κ2) is 8.84. The highest BCUT2D eigenvalue weighted by Crippen LogP contribution is 2.66. The van der Waals surface area contributed by atoms with E-state index in [1.54, 1.807) is 12.1 Å². The van der Waals surface area contributed by atoms with Gasteiger partial charge in [0.25, 0.3) is 5.91 Å². The number of allylic oxidation sites excluding steroid dienone is 1. The number of nitrogens with one attached hydrogen (secondary N) is 1. The molecule has 39 heavy (non-hydrogen) atoms. The standard InChI is InChI=1S/C29H33F3N2O5/c1-34(2)15-14-27-19-10-7-11-21(27)38-25-22(27)18(16-20(19)34)12-13-28(25,37-3)33-26(36)24(39-29(30,31)32)23(35)17-8-5-4-6-9-17/h4-6,8-9,12-13,19-21,25H,7,10-11,14-16H2,1-3H3,(H-,33,35,36)/p+1/t19-,20+,21-,25?,27+,28?/m0/s1. The van der Waals surface area contributed by atoms with Gasteiger partial charge in [-0.2, -0.15) is 0 Å². The first kappa shape index (κ1) is 26.4. The smallest absolute Gasteiger partial charge is 0.504 e. The van der Waals surface area contributed by atoms with Crippen LogP contribution in [0.1, 0.15) is 37.7 Å². The zero-order chi connectivity index (χ0) is 27.8. The zero-order valence-corrected chi connectivity index (χ0v) is 22.3. The van der Waals surface area contributed by atoms with E-state index in [1.165, 1.54) is 36.9 Å². The molecule has 2 N–H and O–H groups in total. The molecule has 1 aromatic rings. The number of halogens is 3. The molecule has 2 heterocycles. The van der Waals surface area contributed by atoms with Gasteiger partial charge in [-0.05, 0) is 30.1 Å². The van der Waals surface area contributed by atoms with E-state index in [-0.39, 0.29) is 17.1 Å². The van der Waals surface area contributed by atoms with Crippen molar-refractivity contribution in [3.05, 3.63) is 65.0 Å². The maximum absolute atomic E-state index is 13.5. The Morgan fingerprint density at radius 1 is 1.21 bits per heavy atom. The van der Waals surface area contributed by atoms with Crippen molar-refractivity contribution in [2.45, 2.75) is 62.4 Å². The maximum Gasteiger partial charge on any atom is 0.573 e. The number of carbonyl (C=O) groups excluding carboxylic acids is 1. The summed E-state index contributed by atoms with van der Waals surface area (Å²) in [4.78, 5) is 13.5. The summed E-state index contributed by atoms with van der Waals surface area (Å²) < 4.78 is 57.8. The maximum atomic E-state index is 13.5. The number of amides is 1. The van der Waals surface area contributed by atoms with Crippen molar-refractivity contribution in [2.75, 3.05) is 27.7 Å². The number of rotatable bonds is 5. The van der Waals surface area contributed by atoms with Crippen molar-refractivity contribution < 1.29 is 41.8 Å². The van der Waals surface area contributed by atoms with Crippen LogP contribution >= 0.6 is 0 Å². The van der Waals surface area contributed by atoms with Crippen molar-refractivity contribution in [3.63, 3.8) is 0 Å². The molecule has 2 saturated heterocycles. The summed E-state index contributed by atoms with van der Waals surface area (Å²) >= 11 is 0. The third-order valence-corrected chi connectivity index (χ3v) is 9.78. The van der Waals surface area contributed by atoms with E-state index in [0.29, 0.717) is 12.0 Å². The van der Waals surface area contributed by atoms with E-state index in [1.807, 2.05) is 6.08 Å². The van der Waals surface area contributed by atoms with Gasteiger partial charge in [0.1, 0.15) is 6.10 Å². The first-order chi connectivity index (χ1) is 18.4. The highest BCUT2D eigenvalue weighted by molar-refractivity contribution is 5.98. The van der Waals surface area contributed by atoms with Crippen LogP contribution in [0.25, 0.3) is 5.76 Å². The van der Waals surface area contributed by atoms with Crippen LogP contribution < -0.4 is 5.32 Å². The molecule has 1 spiro atoms. The van der Waals surface area contributed by atoms with Crippen LogP contribution in [-0.2, 0) is 19.0 Å². The summed E-state index contributed by atoms with van der Waals surface area (Å²) in [6, 6.07) is 7.94. The number of methoxy groups -OCH3 is 1. The fourth-order valence-corrected chi connectivity index (χ4v) is 8.05. The minimum Gasteiger partial charge on any atom is -0.504 e. The van der Waals surface area contributed by atoms with Crippen LogP contribution in [0.4, 0.5) is 13.2 Å². The van der Waals surface area contributed by atoms with Crippen LogP contribution in [0.2, 0.25) is 0 Å². The predicted octanol–water partition coefficient (Wildman–Crippen LogP) is 4.58. The van der Waals surface area contributed by atoms with Crippen molar-refractivity contribution in [1.29, 1.82) is 0 Å². The van der Waals surface area contributed by atoms with Gasteiger partial charge in [0.2, 0.25) is 5.76 Å². The molecular weight excluding hydrogens is 513 g/mol. The first-order valence-electron chi connectivity index (χ1n) is 13.4. The summed E-state index contributed by atoms with van der Waals surface area (Å²) in [5.41, 5.74) is 0.550. The minimum atomic E-state index is -5.20. The molecule has 2 unspecified atom stereocenters. The molecular formula is C29H34F3N2O5+. The number of benzene rings is 1. The normalized spacial score (nSPS) is 36.7. The Bertz CT molecular complexity index is 1270. The van der Waals surface area contributed by atoms with Crippen LogP contribution in [0.3, 0.4) is 0 Å². The van der Waals surface area contributed by atoms with Gasteiger partial charge in [-0.15, -0.1) is 13.2 Å². The number of likely N-dealkylation sites (tertiary alicyclic amines) is 1. The summed E-state index contributed by atoms with van der Waals surface area (Å²) in [5.74, 6) is -3.02. The molecule has 1 aromatic carbocycles. The molecule has 7 nitrogen and oxygen atoms in total. The van der Waals surface area contributed by atoms with Crippen molar-refractivity contribution >= 4 is 11.7 Å². The molecule has 10 heteroatoms. The second-order valence-corrected chi connectivity index (χ2v) is 11.9. The number of piperidine rings is 1. The Morgan fingerprint density at radius 3 is 2.64 bits per heavy atom. The molecule has 210 valence electrons.